The fraction of sp³-hybridized carbons (Fsp3) is 0.917. The lowest BCUT2D eigenvalue weighted by Crippen LogP contribution is -2.45. The van der Waals surface area contributed by atoms with Crippen LogP contribution in [0, 0.1) is 0 Å². The molecule has 1 saturated carbocycles. The molecule has 1 saturated heterocycles. The summed E-state index contributed by atoms with van der Waals surface area (Å²) in [6.45, 7) is 1.14. The molecule has 2 fully saturated rings. The average molecular weight is 227 g/mol. The molecular formula is C12H21NO3. The minimum Gasteiger partial charge on any atom is -0.388 e. The number of carbonyl (C=O) groups excluding carboxylic acids is 1. The van der Waals surface area contributed by atoms with E-state index in [2.05, 4.69) is 0 Å². The second kappa shape index (κ2) is 4.72. The Labute approximate surface area is 96.6 Å². The summed E-state index contributed by atoms with van der Waals surface area (Å²) in [5.41, 5.74) is -0.650. The molecule has 92 valence electrons. The van der Waals surface area contributed by atoms with Crippen molar-refractivity contribution in [3.05, 3.63) is 0 Å². The van der Waals surface area contributed by atoms with E-state index in [9.17, 15) is 9.90 Å². The summed E-state index contributed by atoms with van der Waals surface area (Å²) in [6.07, 6.45) is 5.29. The summed E-state index contributed by atoms with van der Waals surface area (Å²) >= 11 is 0. The summed E-state index contributed by atoms with van der Waals surface area (Å²) in [5.74, 6) is 0.0258. The highest BCUT2D eigenvalue weighted by Gasteiger charge is 2.35. The van der Waals surface area contributed by atoms with Gasteiger partial charge in [-0.25, -0.2) is 0 Å². The van der Waals surface area contributed by atoms with Gasteiger partial charge in [-0.3, -0.25) is 4.79 Å². The van der Waals surface area contributed by atoms with Gasteiger partial charge >= 0.3 is 0 Å². The van der Waals surface area contributed by atoms with Crippen LogP contribution in [0.2, 0.25) is 0 Å². The first-order chi connectivity index (χ1) is 7.61. The van der Waals surface area contributed by atoms with Gasteiger partial charge in [0.05, 0.1) is 5.60 Å². The van der Waals surface area contributed by atoms with Crippen molar-refractivity contribution in [2.24, 2.45) is 0 Å². The number of ether oxygens (including phenoxy) is 1. The summed E-state index contributed by atoms with van der Waals surface area (Å²) in [6, 6.07) is 0. The first kappa shape index (κ1) is 11.9. The molecule has 4 nitrogen and oxygen atoms in total. The van der Waals surface area contributed by atoms with Crippen molar-refractivity contribution >= 4 is 5.91 Å². The van der Waals surface area contributed by atoms with Gasteiger partial charge in [0.2, 0.25) is 0 Å². The van der Waals surface area contributed by atoms with Crippen LogP contribution >= 0.6 is 0 Å². The zero-order valence-electron chi connectivity index (χ0n) is 9.95. The first-order valence-corrected chi connectivity index (χ1v) is 6.20. The number of nitrogens with zero attached hydrogens (tertiary/aromatic N) is 1. The Bertz CT molecular complexity index is 255. The Morgan fingerprint density at radius 2 is 2.12 bits per heavy atom. The number of carbonyl (C=O) groups is 1. The van der Waals surface area contributed by atoms with Crippen molar-refractivity contribution in [3.8, 4) is 0 Å². The Morgan fingerprint density at radius 1 is 1.44 bits per heavy atom. The van der Waals surface area contributed by atoms with Crippen LogP contribution in [0.3, 0.4) is 0 Å². The third-order valence-corrected chi connectivity index (χ3v) is 3.65. The van der Waals surface area contributed by atoms with Gasteiger partial charge in [-0.05, 0) is 25.7 Å². The minimum atomic E-state index is -0.650. The maximum atomic E-state index is 12.0. The molecule has 4 heteroatoms. The van der Waals surface area contributed by atoms with E-state index in [4.69, 9.17) is 4.74 Å². The smallest absolute Gasteiger partial charge is 0.251 e. The minimum absolute atomic E-state index is 0.0258. The number of rotatable bonds is 3. The van der Waals surface area contributed by atoms with Crippen molar-refractivity contribution in [2.75, 3.05) is 20.2 Å². The summed E-state index contributed by atoms with van der Waals surface area (Å²) < 4.78 is 5.36. The SMILES string of the molecule is CN(CC1(O)CCCC1)C(=O)[C@@H]1CCCO1. The third-order valence-electron chi connectivity index (χ3n) is 3.65. The highest BCUT2D eigenvalue weighted by atomic mass is 16.5. The van der Waals surface area contributed by atoms with Crippen LogP contribution in [0.1, 0.15) is 38.5 Å². The molecule has 16 heavy (non-hydrogen) atoms. The van der Waals surface area contributed by atoms with Gasteiger partial charge in [0.1, 0.15) is 6.10 Å². The number of aliphatic hydroxyl groups is 1. The maximum Gasteiger partial charge on any atom is 0.251 e. The van der Waals surface area contributed by atoms with Crippen molar-refractivity contribution < 1.29 is 14.6 Å². The molecule has 0 aromatic carbocycles. The molecule has 2 rings (SSSR count). The number of hydrogen-bond acceptors (Lipinski definition) is 3. The molecular weight excluding hydrogens is 206 g/mol. The fourth-order valence-electron chi connectivity index (χ4n) is 2.73. The van der Waals surface area contributed by atoms with Gasteiger partial charge in [0.15, 0.2) is 0 Å². The Hall–Kier alpha value is -0.610. The van der Waals surface area contributed by atoms with E-state index in [1.807, 2.05) is 0 Å². The quantitative estimate of drug-likeness (QED) is 0.780. The molecule has 1 N–H and O–H groups in total. The highest BCUT2D eigenvalue weighted by Crippen LogP contribution is 2.30. The lowest BCUT2D eigenvalue weighted by atomic mass is 10.0. The van der Waals surface area contributed by atoms with E-state index in [-0.39, 0.29) is 12.0 Å². The van der Waals surface area contributed by atoms with Crippen LogP contribution in [0.4, 0.5) is 0 Å². The molecule has 1 amide bonds. The van der Waals surface area contributed by atoms with Crippen molar-refractivity contribution in [1.82, 2.24) is 4.90 Å². The Morgan fingerprint density at radius 3 is 2.69 bits per heavy atom. The van der Waals surface area contributed by atoms with Gasteiger partial charge in [-0.15, -0.1) is 0 Å². The second-order valence-electron chi connectivity index (χ2n) is 5.13. The van der Waals surface area contributed by atoms with Gasteiger partial charge < -0.3 is 14.7 Å². The Balaban J connectivity index is 1.86. The van der Waals surface area contributed by atoms with Crippen LogP contribution < -0.4 is 0 Å². The lowest BCUT2D eigenvalue weighted by molar-refractivity contribution is -0.142. The summed E-state index contributed by atoms with van der Waals surface area (Å²) in [5, 5.41) is 10.2. The van der Waals surface area contributed by atoms with E-state index in [0.717, 1.165) is 38.5 Å². The van der Waals surface area contributed by atoms with Crippen LogP contribution in [0.15, 0.2) is 0 Å². The van der Waals surface area contributed by atoms with Gasteiger partial charge in [-0.2, -0.15) is 0 Å². The standard InChI is InChI=1S/C12H21NO3/c1-13(9-12(15)6-2-3-7-12)11(14)10-5-4-8-16-10/h10,15H,2-9H2,1H3/t10-/m0/s1. The molecule has 0 aromatic heterocycles. The molecule has 1 heterocycles. The first-order valence-electron chi connectivity index (χ1n) is 6.20. The number of hydrogen-bond donors (Lipinski definition) is 1. The van der Waals surface area contributed by atoms with Gasteiger partial charge in [0, 0.05) is 20.2 Å². The van der Waals surface area contributed by atoms with E-state index in [1.165, 1.54) is 0 Å². The van der Waals surface area contributed by atoms with E-state index in [0.29, 0.717) is 13.2 Å². The molecule has 0 radical (unpaired) electrons. The van der Waals surface area contributed by atoms with E-state index in [1.54, 1.807) is 11.9 Å². The normalized spacial score (nSPS) is 28.2. The largest absolute Gasteiger partial charge is 0.388 e. The van der Waals surface area contributed by atoms with Crippen molar-refractivity contribution in [2.45, 2.75) is 50.2 Å². The van der Waals surface area contributed by atoms with E-state index < -0.39 is 5.60 Å². The van der Waals surface area contributed by atoms with Crippen LogP contribution in [0.25, 0.3) is 0 Å². The second-order valence-corrected chi connectivity index (χ2v) is 5.13. The fourth-order valence-corrected chi connectivity index (χ4v) is 2.73. The van der Waals surface area contributed by atoms with Gasteiger partial charge in [0.25, 0.3) is 5.91 Å². The number of amides is 1. The topological polar surface area (TPSA) is 49.8 Å². The average Bonchev–Trinajstić information content (AvgIpc) is 2.87. The molecule has 1 aliphatic heterocycles. The van der Waals surface area contributed by atoms with Crippen LogP contribution in [-0.4, -0.2) is 47.8 Å². The zero-order valence-corrected chi connectivity index (χ0v) is 9.95. The van der Waals surface area contributed by atoms with Crippen molar-refractivity contribution in [3.63, 3.8) is 0 Å². The Kier molecular flexibility index (Phi) is 3.50. The maximum absolute atomic E-state index is 12.0. The summed E-state index contributed by atoms with van der Waals surface area (Å²) in [4.78, 5) is 13.6. The molecule has 1 aliphatic carbocycles. The molecule has 0 unspecified atom stereocenters. The highest BCUT2D eigenvalue weighted by molar-refractivity contribution is 5.81. The monoisotopic (exact) mass is 227 g/mol. The third kappa shape index (κ3) is 2.55. The lowest BCUT2D eigenvalue weighted by Gasteiger charge is -2.29. The molecule has 0 spiro atoms. The number of likely N-dealkylation sites (N-methyl/N-ethyl adjacent to an activating group) is 1. The van der Waals surface area contributed by atoms with Gasteiger partial charge in [-0.1, -0.05) is 12.8 Å². The van der Waals surface area contributed by atoms with E-state index >= 15 is 0 Å². The zero-order chi connectivity index (χ0) is 11.6. The molecule has 1 atom stereocenters. The predicted octanol–water partition coefficient (Wildman–Crippen LogP) is 0.929. The van der Waals surface area contributed by atoms with Crippen LogP contribution in [0.5, 0.6) is 0 Å². The molecule has 2 aliphatic rings. The predicted molar refractivity (Wildman–Crippen MR) is 60.0 cm³/mol. The molecule has 0 aromatic rings. The molecule has 0 bridgehead atoms. The van der Waals surface area contributed by atoms with Crippen molar-refractivity contribution in [1.29, 1.82) is 0 Å². The van der Waals surface area contributed by atoms with Crippen LogP contribution in [-0.2, 0) is 9.53 Å². The summed E-state index contributed by atoms with van der Waals surface area (Å²) in [7, 11) is 1.76.